The summed E-state index contributed by atoms with van der Waals surface area (Å²) < 4.78 is 33.2. The molecule has 3 aromatic rings. The van der Waals surface area contributed by atoms with Gasteiger partial charge in [0.25, 0.3) is 0 Å². The van der Waals surface area contributed by atoms with Crippen LogP contribution in [-0.4, -0.2) is 24.3 Å². The maximum absolute atomic E-state index is 14.2. The fourth-order valence-corrected chi connectivity index (χ4v) is 4.36. The Morgan fingerprint density at radius 2 is 1.87 bits per heavy atom. The van der Waals surface area contributed by atoms with Crippen LogP contribution in [0.4, 0.5) is 8.78 Å². The van der Waals surface area contributed by atoms with Crippen LogP contribution in [0.25, 0.3) is 10.4 Å². The molecule has 0 bridgehead atoms. The lowest BCUT2D eigenvalue weighted by molar-refractivity contribution is -0.120. The Kier molecular flexibility index (Phi) is 5.63. The first kappa shape index (κ1) is 20.2. The van der Waals surface area contributed by atoms with E-state index in [1.807, 2.05) is 0 Å². The number of ketones is 1. The van der Waals surface area contributed by atoms with Gasteiger partial charge in [0.05, 0.1) is 17.8 Å². The molecule has 0 saturated carbocycles. The molecule has 4 nitrogen and oxygen atoms in total. The molecule has 0 unspecified atom stereocenters. The molecular formula is C23H19F2NO3S. The molecule has 0 radical (unpaired) electrons. The number of nitrogens with one attached hydrogen (secondary N) is 1. The molecule has 2 heterocycles. The first-order valence-electron chi connectivity index (χ1n) is 9.50. The number of benzene rings is 2. The molecule has 1 aliphatic rings. The number of halogens is 2. The summed E-state index contributed by atoms with van der Waals surface area (Å²) in [5, 5.41) is 2.82. The van der Waals surface area contributed by atoms with Crippen LogP contribution in [0, 0.1) is 11.6 Å². The number of thiophene rings is 1. The van der Waals surface area contributed by atoms with Crippen molar-refractivity contribution in [2.45, 2.75) is 25.9 Å². The van der Waals surface area contributed by atoms with E-state index in [1.165, 1.54) is 42.5 Å². The Balaban J connectivity index is 1.43. The molecule has 4 rings (SSSR count). The van der Waals surface area contributed by atoms with Crippen LogP contribution in [0.15, 0.2) is 48.5 Å². The number of carbonyl (C=O) groups is 2. The van der Waals surface area contributed by atoms with Crippen molar-refractivity contribution in [2.24, 2.45) is 0 Å². The molecule has 0 saturated heterocycles. The lowest BCUT2D eigenvalue weighted by Crippen LogP contribution is -2.35. The minimum Gasteiger partial charge on any atom is -0.487 e. The van der Waals surface area contributed by atoms with Gasteiger partial charge in [-0.05, 0) is 48.9 Å². The molecule has 1 amide bonds. The van der Waals surface area contributed by atoms with Crippen molar-refractivity contribution in [1.82, 2.24) is 5.32 Å². The van der Waals surface area contributed by atoms with Gasteiger partial charge in [0.2, 0.25) is 5.91 Å². The number of Topliss-reactive ketones (excluding diaryl/α,β-unsaturated/α-hetero) is 1. The molecular weight excluding hydrogens is 408 g/mol. The summed E-state index contributed by atoms with van der Waals surface area (Å²) in [5.74, 6) is -0.364. The predicted octanol–water partition coefficient (Wildman–Crippen LogP) is 4.56. The van der Waals surface area contributed by atoms with Gasteiger partial charge in [0.15, 0.2) is 5.78 Å². The highest BCUT2D eigenvalue weighted by Crippen LogP contribution is 2.42. The Labute approximate surface area is 176 Å². The average Bonchev–Trinajstić information content (AvgIpc) is 3.34. The van der Waals surface area contributed by atoms with E-state index in [-0.39, 0.29) is 42.4 Å². The predicted molar refractivity (Wildman–Crippen MR) is 111 cm³/mol. The molecule has 1 atom stereocenters. The fraction of sp³-hybridized carbons (Fsp3) is 0.217. The summed E-state index contributed by atoms with van der Waals surface area (Å²) >= 11 is 1.30. The van der Waals surface area contributed by atoms with Gasteiger partial charge >= 0.3 is 0 Å². The Morgan fingerprint density at radius 3 is 2.57 bits per heavy atom. The maximum Gasteiger partial charge on any atom is 0.224 e. The van der Waals surface area contributed by atoms with Crippen LogP contribution in [0.2, 0.25) is 0 Å². The highest BCUT2D eigenvalue weighted by molar-refractivity contribution is 7.17. The van der Waals surface area contributed by atoms with E-state index in [9.17, 15) is 18.4 Å². The Hall–Kier alpha value is -3.06. The molecule has 0 spiro atoms. The minimum atomic E-state index is -0.369. The van der Waals surface area contributed by atoms with Crippen molar-refractivity contribution < 1.29 is 23.1 Å². The number of rotatable bonds is 6. The molecule has 1 aliphatic heterocycles. The topological polar surface area (TPSA) is 55.4 Å². The molecule has 1 aromatic heterocycles. The van der Waals surface area contributed by atoms with Crippen molar-refractivity contribution in [3.8, 4) is 16.2 Å². The van der Waals surface area contributed by atoms with Gasteiger partial charge < -0.3 is 10.1 Å². The van der Waals surface area contributed by atoms with Crippen molar-refractivity contribution in [3.63, 3.8) is 0 Å². The van der Waals surface area contributed by atoms with Crippen molar-refractivity contribution in [2.75, 3.05) is 6.54 Å². The van der Waals surface area contributed by atoms with Gasteiger partial charge in [-0.1, -0.05) is 12.1 Å². The van der Waals surface area contributed by atoms with E-state index < -0.39 is 0 Å². The van der Waals surface area contributed by atoms with Gasteiger partial charge in [-0.15, -0.1) is 11.3 Å². The third-order valence-electron chi connectivity index (χ3n) is 4.89. The lowest BCUT2D eigenvalue weighted by Gasteiger charge is -2.13. The zero-order valence-electron chi connectivity index (χ0n) is 16.2. The first-order valence-corrected chi connectivity index (χ1v) is 10.3. The molecule has 0 aliphatic carbocycles. The van der Waals surface area contributed by atoms with Gasteiger partial charge in [0, 0.05) is 22.4 Å². The molecule has 154 valence electrons. The van der Waals surface area contributed by atoms with Crippen molar-refractivity contribution in [1.29, 1.82) is 0 Å². The molecule has 0 fully saturated rings. The van der Waals surface area contributed by atoms with Crippen LogP contribution < -0.4 is 10.1 Å². The summed E-state index contributed by atoms with van der Waals surface area (Å²) in [6.45, 7) is 1.77. The zero-order chi connectivity index (χ0) is 21.3. The SMILES string of the molecule is CC(=O)c1ccc(-c2cc(F)cc3c2O[C@H](CNC(=O)Cc2ccc(F)cc2)C3)s1. The second-order valence-corrected chi connectivity index (χ2v) is 8.30. The summed E-state index contributed by atoms with van der Waals surface area (Å²) in [7, 11) is 0. The van der Waals surface area contributed by atoms with Gasteiger partial charge in [-0.3, -0.25) is 9.59 Å². The highest BCUT2D eigenvalue weighted by Gasteiger charge is 2.28. The maximum atomic E-state index is 14.2. The quantitative estimate of drug-likeness (QED) is 0.587. The number of amides is 1. The summed E-state index contributed by atoms with van der Waals surface area (Å²) in [6, 6.07) is 12.1. The standard InChI is InChI=1S/C23H19F2NO3S/c1-13(27)20-6-7-21(30-20)19-11-17(25)9-15-10-18(29-23(15)19)12-26-22(28)8-14-2-4-16(24)5-3-14/h2-7,9,11,18H,8,10,12H2,1H3,(H,26,28)/t18-/m0/s1. The van der Waals surface area contributed by atoms with Crippen molar-refractivity contribution >= 4 is 23.0 Å². The largest absolute Gasteiger partial charge is 0.487 e. The molecule has 2 aromatic carbocycles. The van der Waals surface area contributed by atoms with Crippen molar-refractivity contribution in [3.05, 3.63) is 76.2 Å². The molecule has 7 heteroatoms. The Bertz CT molecular complexity index is 1110. The monoisotopic (exact) mass is 427 g/mol. The number of hydrogen-bond donors (Lipinski definition) is 1. The van der Waals surface area contributed by atoms with Gasteiger partial charge in [-0.25, -0.2) is 8.78 Å². The van der Waals surface area contributed by atoms with Crippen LogP contribution in [0.5, 0.6) is 5.75 Å². The third kappa shape index (κ3) is 4.41. The van der Waals surface area contributed by atoms with E-state index in [4.69, 9.17) is 4.74 Å². The lowest BCUT2D eigenvalue weighted by atomic mass is 10.0. The van der Waals surface area contributed by atoms with Crippen LogP contribution in [0.1, 0.15) is 27.7 Å². The second kappa shape index (κ2) is 8.36. The summed E-state index contributed by atoms with van der Waals surface area (Å²) in [5.41, 5.74) is 2.07. The van der Waals surface area contributed by atoms with E-state index in [2.05, 4.69) is 5.32 Å². The highest BCUT2D eigenvalue weighted by atomic mass is 32.1. The van der Waals surface area contributed by atoms with Crippen LogP contribution in [-0.2, 0) is 17.6 Å². The minimum absolute atomic E-state index is 0.0399. The number of fused-ring (bicyclic) bond motifs is 1. The number of carbonyl (C=O) groups excluding carboxylic acids is 2. The number of hydrogen-bond acceptors (Lipinski definition) is 4. The van der Waals surface area contributed by atoms with Gasteiger partial charge in [-0.2, -0.15) is 0 Å². The van der Waals surface area contributed by atoms with E-state index in [0.717, 1.165) is 10.4 Å². The van der Waals surface area contributed by atoms with E-state index in [1.54, 1.807) is 24.3 Å². The second-order valence-electron chi connectivity index (χ2n) is 7.21. The third-order valence-corrected chi connectivity index (χ3v) is 6.11. The Morgan fingerprint density at radius 1 is 1.10 bits per heavy atom. The zero-order valence-corrected chi connectivity index (χ0v) is 17.0. The van der Waals surface area contributed by atoms with Crippen LogP contribution >= 0.6 is 11.3 Å². The fourth-order valence-electron chi connectivity index (χ4n) is 3.44. The summed E-state index contributed by atoms with van der Waals surface area (Å²) in [6.07, 6.45) is 0.301. The normalized spacial score (nSPS) is 14.8. The average molecular weight is 427 g/mol. The number of ether oxygens (including phenoxy) is 1. The van der Waals surface area contributed by atoms with Gasteiger partial charge in [0.1, 0.15) is 23.5 Å². The van der Waals surface area contributed by atoms with E-state index >= 15 is 0 Å². The summed E-state index contributed by atoms with van der Waals surface area (Å²) in [4.78, 5) is 25.1. The smallest absolute Gasteiger partial charge is 0.224 e. The van der Waals surface area contributed by atoms with E-state index in [0.29, 0.717) is 28.2 Å². The van der Waals surface area contributed by atoms with Crippen LogP contribution in [0.3, 0.4) is 0 Å². The molecule has 30 heavy (non-hydrogen) atoms. The first-order chi connectivity index (χ1) is 14.4. The molecule has 1 N–H and O–H groups in total.